The van der Waals surface area contributed by atoms with Gasteiger partial charge in [0.2, 0.25) is 0 Å². The normalized spacial score (nSPS) is 20.0. The minimum Gasteiger partial charge on any atom is -0.334 e. The summed E-state index contributed by atoms with van der Waals surface area (Å²) in [5, 5.41) is 3.21. The molecule has 0 unspecified atom stereocenters. The van der Waals surface area contributed by atoms with Crippen LogP contribution in [0.1, 0.15) is 82.9 Å². The third kappa shape index (κ3) is 5.18. The molecule has 2 rings (SSSR count). The van der Waals surface area contributed by atoms with Crippen molar-refractivity contribution in [1.29, 1.82) is 0 Å². The zero-order valence-electron chi connectivity index (χ0n) is 17.0. The van der Waals surface area contributed by atoms with Crippen LogP contribution in [0.25, 0.3) is 0 Å². The monoisotopic (exact) mass is 376 g/mol. The van der Waals surface area contributed by atoms with E-state index in [1.54, 1.807) is 4.31 Å². The van der Waals surface area contributed by atoms with Crippen LogP contribution in [0.4, 0.5) is 10.5 Å². The number of urea groups is 1. The molecule has 1 N–H and O–H groups in total. The number of carbonyl (C=O) groups excluding carboxylic acids is 1. The van der Waals surface area contributed by atoms with Gasteiger partial charge in [-0.15, -0.1) is 0 Å². The molecule has 0 aromatic heterocycles. The summed E-state index contributed by atoms with van der Waals surface area (Å²) in [4.78, 5) is 12.8. The van der Waals surface area contributed by atoms with Crippen LogP contribution >= 0.6 is 12.8 Å². The number of benzene rings is 1. The molecule has 0 radical (unpaired) electrons. The van der Waals surface area contributed by atoms with Crippen LogP contribution in [0.2, 0.25) is 0 Å². The van der Waals surface area contributed by atoms with Crippen molar-refractivity contribution >= 4 is 24.5 Å². The number of carbonyl (C=O) groups is 1. The Morgan fingerprint density at radius 3 is 2.12 bits per heavy atom. The molecule has 1 aromatic rings. The standard InChI is InChI=1S/C22H36N2OS/c1-5-9-17-14-18(7-3)21(19(8-4)15-17)24(26)22(25)23-20-12-10-16(6-2)11-13-20/h14-16,20,26H,5-13H2,1-4H3,(H,23,25). The molecular weight excluding hydrogens is 340 g/mol. The Labute approximate surface area is 165 Å². The van der Waals surface area contributed by atoms with Gasteiger partial charge in [-0.05, 0) is 67.6 Å². The molecule has 2 amide bonds. The lowest BCUT2D eigenvalue weighted by molar-refractivity contribution is 0.235. The van der Waals surface area contributed by atoms with E-state index >= 15 is 0 Å². The minimum absolute atomic E-state index is 0.0825. The number of thiol groups is 1. The van der Waals surface area contributed by atoms with Crippen LogP contribution < -0.4 is 9.62 Å². The first-order chi connectivity index (χ1) is 12.5. The maximum atomic E-state index is 12.8. The number of amides is 2. The second-order valence-electron chi connectivity index (χ2n) is 7.61. The van der Waals surface area contributed by atoms with E-state index in [-0.39, 0.29) is 12.1 Å². The summed E-state index contributed by atoms with van der Waals surface area (Å²) in [7, 11) is 0. The minimum atomic E-state index is -0.0825. The second-order valence-corrected chi connectivity index (χ2v) is 8.01. The van der Waals surface area contributed by atoms with Crippen molar-refractivity contribution in [2.45, 2.75) is 91.5 Å². The number of nitrogens with one attached hydrogen (secondary N) is 1. The van der Waals surface area contributed by atoms with E-state index in [2.05, 4.69) is 58.0 Å². The Kier molecular flexibility index (Phi) is 8.33. The number of hydrogen-bond acceptors (Lipinski definition) is 2. The van der Waals surface area contributed by atoms with Gasteiger partial charge in [0, 0.05) is 6.04 Å². The molecule has 0 saturated heterocycles. The first kappa shape index (κ1) is 21.1. The summed E-state index contributed by atoms with van der Waals surface area (Å²) >= 11 is 4.61. The molecule has 1 aliphatic carbocycles. The van der Waals surface area contributed by atoms with Crippen molar-refractivity contribution in [2.24, 2.45) is 5.92 Å². The second kappa shape index (κ2) is 10.2. The van der Waals surface area contributed by atoms with Crippen LogP contribution in [-0.2, 0) is 19.3 Å². The van der Waals surface area contributed by atoms with E-state index in [0.29, 0.717) is 0 Å². The Morgan fingerprint density at radius 2 is 1.65 bits per heavy atom. The van der Waals surface area contributed by atoms with Crippen LogP contribution in [-0.4, -0.2) is 12.1 Å². The average molecular weight is 377 g/mol. The molecule has 146 valence electrons. The van der Waals surface area contributed by atoms with Crippen molar-refractivity contribution in [3.05, 3.63) is 28.8 Å². The zero-order chi connectivity index (χ0) is 19.1. The molecular formula is C22H36N2OS. The lowest BCUT2D eigenvalue weighted by Crippen LogP contribution is -2.43. The van der Waals surface area contributed by atoms with Crippen molar-refractivity contribution in [3.8, 4) is 0 Å². The van der Waals surface area contributed by atoms with E-state index in [1.807, 2.05) is 0 Å². The highest BCUT2D eigenvalue weighted by molar-refractivity contribution is 7.82. The summed E-state index contributed by atoms with van der Waals surface area (Å²) < 4.78 is 1.55. The van der Waals surface area contributed by atoms with Gasteiger partial charge in [0.05, 0.1) is 5.69 Å². The van der Waals surface area contributed by atoms with E-state index in [0.717, 1.165) is 50.1 Å². The molecule has 1 fully saturated rings. The summed E-state index contributed by atoms with van der Waals surface area (Å²) in [6.45, 7) is 8.77. The van der Waals surface area contributed by atoms with Gasteiger partial charge in [0.25, 0.3) is 0 Å². The predicted molar refractivity (Wildman–Crippen MR) is 115 cm³/mol. The molecule has 1 aromatic carbocycles. The fourth-order valence-corrected chi connectivity index (χ4v) is 4.44. The molecule has 1 aliphatic rings. The predicted octanol–water partition coefficient (Wildman–Crippen LogP) is 6.09. The fraction of sp³-hybridized carbons (Fsp3) is 0.682. The summed E-state index contributed by atoms with van der Waals surface area (Å²) in [6, 6.07) is 4.71. The number of aryl methyl sites for hydroxylation is 3. The maximum absolute atomic E-state index is 12.8. The van der Waals surface area contributed by atoms with E-state index in [1.165, 1.54) is 36.0 Å². The fourth-order valence-electron chi connectivity index (χ4n) is 4.13. The Balaban J connectivity index is 2.14. The van der Waals surface area contributed by atoms with Crippen molar-refractivity contribution in [1.82, 2.24) is 5.32 Å². The van der Waals surface area contributed by atoms with Crippen LogP contribution in [0.3, 0.4) is 0 Å². The molecule has 0 heterocycles. The lowest BCUT2D eigenvalue weighted by Gasteiger charge is -2.30. The molecule has 0 spiro atoms. The summed E-state index contributed by atoms with van der Waals surface area (Å²) in [5.74, 6) is 0.833. The summed E-state index contributed by atoms with van der Waals surface area (Å²) in [5.41, 5.74) is 4.78. The lowest BCUT2D eigenvalue weighted by atomic mass is 9.84. The van der Waals surface area contributed by atoms with Crippen LogP contribution in [0, 0.1) is 5.92 Å². The van der Waals surface area contributed by atoms with Crippen molar-refractivity contribution < 1.29 is 4.79 Å². The SMILES string of the molecule is CCCc1cc(CC)c(N(S)C(=O)NC2CCC(CC)CC2)c(CC)c1. The third-order valence-electron chi connectivity index (χ3n) is 5.78. The zero-order valence-corrected chi connectivity index (χ0v) is 17.9. The highest BCUT2D eigenvalue weighted by Crippen LogP contribution is 2.31. The van der Waals surface area contributed by atoms with Crippen molar-refractivity contribution in [2.75, 3.05) is 4.31 Å². The molecule has 0 aliphatic heterocycles. The number of rotatable bonds is 7. The number of anilines is 1. The van der Waals surface area contributed by atoms with Gasteiger partial charge in [-0.1, -0.05) is 65.5 Å². The van der Waals surface area contributed by atoms with Gasteiger partial charge in [-0.25, -0.2) is 9.10 Å². The Morgan fingerprint density at radius 1 is 1.08 bits per heavy atom. The van der Waals surface area contributed by atoms with Gasteiger partial charge in [-0.3, -0.25) is 0 Å². The molecule has 3 nitrogen and oxygen atoms in total. The molecule has 26 heavy (non-hydrogen) atoms. The first-order valence-corrected chi connectivity index (χ1v) is 10.9. The van der Waals surface area contributed by atoms with E-state index < -0.39 is 0 Å². The topological polar surface area (TPSA) is 32.3 Å². The van der Waals surface area contributed by atoms with Gasteiger partial charge in [0.15, 0.2) is 0 Å². The molecule has 0 atom stereocenters. The quantitative estimate of drug-likeness (QED) is 0.554. The average Bonchev–Trinajstić information content (AvgIpc) is 2.67. The van der Waals surface area contributed by atoms with Gasteiger partial charge >= 0.3 is 6.03 Å². The smallest absolute Gasteiger partial charge is 0.332 e. The number of nitrogens with zero attached hydrogens (tertiary/aromatic N) is 1. The highest BCUT2D eigenvalue weighted by atomic mass is 32.1. The van der Waals surface area contributed by atoms with Gasteiger partial charge in [0.1, 0.15) is 0 Å². The highest BCUT2D eigenvalue weighted by Gasteiger charge is 2.25. The Bertz CT molecular complexity index is 569. The van der Waals surface area contributed by atoms with Crippen LogP contribution in [0.15, 0.2) is 12.1 Å². The maximum Gasteiger partial charge on any atom is 0.332 e. The molecule has 0 bridgehead atoms. The first-order valence-electron chi connectivity index (χ1n) is 10.5. The van der Waals surface area contributed by atoms with E-state index in [9.17, 15) is 4.79 Å². The summed E-state index contributed by atoms with van der Waals surface area (Å²) in [6.07, 6.45) is 9.91. The molecule has 1 saturated carbocycles. The van der Waals surface area contributed by atoms with E-state index in [4.69, 9.17) is 0 Å². The Hall–Kier alpha value is -1.16. The van der Waals surface area contributed by atoms with Crippen molar-refractivity contribution in [3.63, 3.8) is 0 Å². The van der Waals surface area contributed by atoms with Gasteiger partial charge < -0.3 is 5.32 Å². The molecule has 4 heteroatoms. The number of hydrogen-bond donors (Lipinski definition) is 2. The van der Waals surface area contributed by atoms with Gasteiger partial charge in [-0.2, -0.15) is 0 Å². The third-order valence-corrected chi connectivity index (χ3v) is 6.17. The van der Waals surface area contributed by atoms with Crippen LogP contribution in [0.5, 0.6) is 0 Å². The largest absolute Gasteiger partial charge is 0.334 e.